The van der Waals surface area contributed by atoms with Crippen LogP contribution in [0.3, 0.4) is 0 Å². The lowest BCUT2D eigenvalue weighted by atomic mass is 9.96. The predicted molar refractivity (Wildman–Crippen MR) is 102 cm³/mol. The van der Waals surface area contributed by atoms with E-state index in [0.29, 0.717) is 50.4 Å². The lowest BCUT2D eigenvalue weighted by Crippen LogP contribution is -2.47. The molecule has 2 N–H and O–H groups in total. The second-order valence-corrected chi connectivity index (χ2v) is 6.46. The summed E-state index contributed by atoms with van der Waals surface area (Å²) in [7, 11) is 0. The highest BCUT2D eigenvalue weighted by atomic mass is 16.2. The fourth-order valence-corrected chi connectivity index (χ4v) is 3.11. The van der Waals surface area contributed by atoms with Crippen LogP contribution < -0.4 is 10.6 Å². The smallest absolute Gasteiger partial charge is 0.319 e. The van der Waals surface area contributed by atoms with Crippen molar-refractivity contribution in [1.82, 2.24) is 9.80 Å². The van der Waals surface area contributed by atoms with E-state index in [0.717, 1.165) is 0 Å². The Morgan fingerprint density at radius 1 is 1.00 bits per heavy atom. The van der Waals surface area contributed by atoms with Gasteiger partial charge in [0.15, 0.2) is 0 Å². The van der Waals surface area contributed by atoms with Crippen LogP contribution in [0, 0.1) is 5.92 Å². The summed E-state index contributed by atoms with van der Waals surface area (Å²) in [5.41, 5.74) is 1.39. The molecule has 1 aromatic rings. The number of rotatable bonds is 5. The maximum absolute atomic E-state index is 12.5. The molecule has 4 amide bonds. The third-order valence-electron chi connectivity index (χ3n) is 4.64. The monoisotopic (exact) mass is 360 g/mol. The Morgan fingerprint density at radius 3 is 1.96 bits per heavy atom. The molecule has 7 nitrogen and oxygen atoms in total. The van der Waals surface area contributed by atoms with Gasteiger partial charge in [-0.1, -0.05) is 0 Å². The summed E-state index contributed by atoms with van der Waals surface area (Å²) in [6.45, 7) is 8.00. The van der Waals surface area contributed by atoms with E-state index in [2.05, 4.69) is 10.6 Å². The van der Waals surface area contributed by atoms with Crippen LogP contribution in [0.4, 0.5) is 16.2 Å². The molecule has 0 aliphatic carbocycles. The molecule has 7 heteroatoms. The Balaban J connectivity index is 1.84. The Hall–Kier alpha value is -2.57. The van der Waals surface area contributed by atoms with E-state index < -0.39 is 0 Å². The molecule has 0 aromatic heterocycles. The van der Waals surface area contributed by atoms with Gasteiger partial charge < -0.3 is 20.4 Å². The second kappa shape index (κ2) is 9.22. The first-order valence-corrected chi connectivity index (χ1v) is 9.17. The first-order chi connectivity index (χ1) is 12.4. The van der Waals surface area contributed by atoms with Gasteiger partial charge in [-0.15, -0.1) is 0 Å². The van der Waals surface area contributed by atoms with Crippen molar-refractivity contribution in [2.24, 2.45) is 5.92 Å². The van der Waals surface area contributed by atoms with Crippen molar-refractivity contribution in [2.75, 3.05) is 36.8 Å². The van der Waals surface area contributed by atoms with E-state index in [1.165, 1.54) is 6.92 Å². The molecular formula is C19H28N4O3. The molecule has 1 aromatic carbocycles. The zero-order valence-corrected chi connectivity index (χ0v) is 15.7. The second-order valence-electron chi connectivity index (χ2n) is 6.46. The minimum atomic E-state index is -0.132. The first-order valence-electron chi connectivity index (χ1n) is 9.17. The highest BCUT2D eigenvalue weighted by molar-refractivity contribution is 5.93. The standard InChI is InChI=1S/C19H28N4O3/c1-4-22(5-2)19(26)23-12-10-15(11-13-23)18(25)21-17-8-6-16(7-9-17)20-14(3)24/h6-9,15H,4-5,10-13H2,1-3H3,(H,20,24)(H,21,25). The van der Waals surface area contributed by atoms with Gasteiger partial charge in [0.1, 0.15) is 0 Å². The Kier molecular flexibility index (Phi) is 7.00. The third-order valence-corrected chi connectivity index (χ3v) is 4.64. The van der Waals surface area contributed by atoms with Crippen LogP contribution in [0.5, 0.6) is 0 Å². The molecule has 0 saturated carbocycles. The predicted octanol–water partition coefficient (Wildman–Crippen LogP) is 2.76. The number of amides is 4. The lowest BCUT2D eigenvalue weighted by Gasteiger charge is -2.34. The molecule has 0 spiro atoms. The van der Waals surface area contributed by atoms with Crippen LogP contribution in [0.2, 0.25) is 0 Å². The van der Waals surface area contributed by atoms with Crippen molar-refractivity contribution in [3.63, 3.8) is 0 Å². The molecule has 0 atom stereocenters. The lowest BCUT2D eigenvalue weighted by molar-refractivity contribution is -0.121. The number of nitrogens with one attached hydrogen (secondary N) is 2. The van der Waals surface area contributed by atoms with E-state index in [4.69, 9.17) is 0 Å². The number of benzene rings is 1. The molecule has 1 aliphatic heterocycles. The molecule has 142 valence electrons. The summed E-state index contributed by atoms with van der Waals surface area (Å²) in [6.07, 6.45) is 1.34. The number of piperidine rings is 1. The van der Waals surface area contributed by atoms with Crippen molar-refractivity contribution in [2.45, 2.75) is 33.6 Å². The van der Waals surface area contributed by atoms with E-state index in [1.54, 1.807) is 29.2 Å². The topological polar surface area (TPSA) is 81.8 Å². The van der Waals surface area contributed by atoms with Crippen LogP contribution in [-0.2, 0) is 9.59 Å². The maximum Gasteiger partial charge on any atom is 0.319 e. The number of anilines is 2. The zero-order valence-electron chi connectivity index (χ0n) is 15.7. The van der Waals surface area contributed by atoms with Crippen molar-refractivity contribution >= 4 is 29.2 Å². The molecule has 1 aliphatic rings. The summed E-state index contributed by atoms with van der Waals surface area (Å²) in [5, 5.41) is 5.61. The van der Waals surface area contributed by atoms with E-state index >= 15 is 0 Å². The van der Waals surface area contributed by atoms with Crippen molar-refractivity contribution in [3.8, 4) is 0 Å². The van der Waals surface area contributed by atoms with Crippen LogP contribution in [0.1, 0.15) is 33.6 Å². The summed E-state index contributed by atoms with van der Waals surface area (Å²) in [4.78, 5) is 39.5. The molecule has 26 heavy (non-hydrogen) atoms. The quantitative estimate of drug-likeness (QED) is 0.847. The SMILES string of the molecule is CCN(CC)C(=O)N1CCC(C(=O)Nc2ccc(NC(C)=O)cc2)CC1. The number of hydrogen-bond donors (Lipinski definition) is 2. The summed E-state index contributed by atoms with van der Waals surface area (Å²) >= 11 is 0. The van der Waals surface area contributed by atoms with E-state index in [9.17, 15) is 14.4 Å². The van der Waals surface area contributed by atoms with E-state index in [-0.39, 0.29) is 23.8 Å². The molecular weight excluding hydrogens is 332 g/mol. The number of carbonyl (C=O) groups is 3. The van der Waals surface area contributed by atoms with Crippen molar-refractivity contribution < 1.29 is 14.4 Å². The minimum absolute atomic E-state index is 0.0211. The molecule has 2 rings (SSSR count). The fourth-order valence-electron chi connectivity index (χ4n) is 3.11. The summed E-state index contributed by atoms with van der Waals surface area (Å²) in [5.74, 6) is -0.245. The van der Waals surface area contributed by atoms with Crippen LogP contribution in [0.25, 0.3) is 0 Å². The normalized spacial score (nSPS) is 14.7. The van der Waals surface area contributed by atoms with Crippen LogP contribution in [0.15, 0.2) is 24.3 Å². The Morgan fingerprint density at radius 2 is 1.50 bits per heavy atom. The Labute approximate surface area is 154 Å². The van der Waals surface area contributed by atoms with Gasteiger partial charge in [0.05, 0.1) is 0 Å². The summed E-state index contributed by atoms with van der Waals surface area (Å²) < 4.78 is 0. The van der Waals surface area contributed by atoms with Gasteiger partial charge in [-0.05, 0) is 51.0 Å². The average Bonchev–Trinajstić information content (AvgIpc) is 2.64. The number of urea groups is 1. The van der Waals surface area contributed by atoms with Gasteiger partial charge in [-0.3, -0.25) is 9.59 Å². The largest absolute Gasteiger partial charge is 0.326 e. The minimum Gasteiger partial charge on any atom is -0.326 e. The number of hydrogen-bond acceptors (Lipinski definition) is 3. The van der Waals surface area contributed by atoms with Gasteiger partial charge in [0.2, 0.25) is 11.8 Å². The van der Waals surface area contributed by atoms with E-state index in [1.807, 2.05) is 18.7 Å². The molecule has 0 bridgehead atoms. The highest BCUT2D eigenvalue weighted by Crippen LogP contribution is 2.21. The number of carbonyl (C=O) groups excluding carboxylic acids is 3. The molecule has 0 unspecified atom stereocenters. The van der Waals surface area contributed by atoms with Crippen LogP contribution >= 0.6 is 0 Å². The fraction of sp³-hybridized carbons (Fsp3) is 0.526. The number of nitrogens with zero attached hydrogens (tertiary/aromatic N) is 2. The van der Waals surface area contributed by atoms with Crippen LogP contribution in [-0.4, -0.2) is 53.8 Å². The van der Waals surface area contributed by atoms with Gasteiger partial charge in [0.25, 0.3) is 0 Å². The van der Waals surface area contributed by atoms with Crippen molar-refractivity contribution in [3.05, 3.63) is 24.3 Å². The van der Waals surface area contributed by atoms with Gasteiger partial charge in [-0.25, -0.2) is 4.79 Å². The highest BCUT2D eigenvalue weighted by Gasteiger charge is 2.28. The molecule has 1 saturated heterocycles. The van der Waals surface area contributed by atoms with Gasteiger partial charge >= 0.3 is 6.03 Å². The van der Waals surface area contributed by atoms with Gasteiger partial charge in [0, 0.05) is 50.4 Å². The first kappa shape index (κ1) is 19.8. The van der Waals surface area contributed by atoms with Gasteiger partial charge in [-0.2, -0.15) is 0 Å². The summed E-state index contributed by atoms with van der Waals surface area (Å²) in [6, 6.07) is 7.09. The third kappa shape index (κ3) is 5.21. The zero-order chi connectivity index (χ0) is 19.1. The molecule has 1 fully saturated rings. The average molecular weight is 360 g/mol. The Bertz CT molecular complexity index is 633. The molecule has 0 radical (unpaired) electrons. The van der Waals surface area contributed by atoms with Crippen molar-refractivity contribution in [1.29, 1.82) is 0 Å². The molecule has 1 heterocycles. The maximum atomic E-state index is 12.5. The number of likely N-dealkylation sites (tertiary alicyclic amines) is 1.